The van der Waals surface area contributed by atoms with Crippen LogP contribution in [0.1, 0.15) is 12.0 Å². The van der Waals surface area contributed by atoms with E-state index in [-0.39, 0.29) is 17.7 Å². The maximum absolute atomic E-state index is 12.1. The average Bonchev–Trinajstić information content (AvgIpc) is 2.58. The monoisotopic (exact) mass is 334 g/mol. The van der Waals surface area contributed by atoms with E-state index in [4.69, 9.17) is 0 Å². The van der Waals surface area contributed by atoms with Crippen LogP contribution in [0.3, 0.4) is 0 Å². The number of nitrogens with zero attached hydrogens (tertiary/aromatic N) is 1. The van der Waals surface area contributed by atoms with Gasteiger partial charge in [-0.05, 0) is 36.3 Å². The van der Waals surface area contributed by atoms with E-state index in [2.05, 4.69) is 37.0 Å². The summed E-state index contributed by atoms with van der Waals surface area (Å²) in [6, 6.07) is 16.2. The van der Waals surface area contributed by atoms with Gasteiger partial charge in [-0.25, -0.2) is 0 Å². The summed E-state index contributed by atoms with van der Waals surface area (Å²) >= 11 is 0. The van der Waals surface area contributed by atoms with Crippen LogP contribution in [0.25, 0.3) is 11.1 Å². The van der Waals surface area contributed by atoms with Crippen molar-refractivity contribution in [3.05, 3.63) is 66.7 Å². The van der Waals surface area contributed by atoms with Crippen molar-refractivity contribution in [2.24, 2.45) is 5.92 Å². The molecule has 0 unspecified atom stereocenters. The van der Waals surface area contributed by atoms with Gasteiger partial charge in [0.25, 0.3) is 0 Å². The molecule has 128 valence electrons. The first kappa shape index (κ1) is 17.0. The lowest BCUT2D eigenvalue weighted by atomic mass is 9.95. The van der Waals surface area contributed by atoms with Crippen LogP contribution in [-0.2, 0) is 9.59 Å². The number of rotatable bonds is 5. The minimum atomic E-state index is -0.0663. The fourth-order valence-electron chi connectivity index (χ4n) is 3.05. The second-order valence-corrected chi connectivity index (χ2v) is 6.51. The highest BCUT2D eigenvalue weighted by molar-refractivity contribution is 5.92. The van der Waals surface area contributed by atoms with Gasteiger partial charge >= 0.3 is 0 Å². The van der Waals surface area contributed by atoms with Crippen molar-refractivity contribution in [3.63, 3.8) is 0 Å². The Hall–Kier alpha value is -2.88. The number of hydrogen-bond donors (Lipinski definition) is 1. The van der Waals surface area contributed by atoms with Crippen molar-refractivity contribution < 1.29 is 9.59 Å². The molecule has 0 spiro atoms. The van der Waals surface area contributed by atoms with Crippen LogP contribution in [0.4, 0.5) is 5.69 Å². The van der Waals surface area contributed by atoms with Crippen molar-refractivity contribution in [1.82, 2.24) is 4.90 Å². The van der Waals surface area contributed by atoms with Crippen LogP contribution in [-0.4, -0.2) is 29.8 Å². The lowest BCUT2D eigenvalue weighted by Crippen LogP contribution is -2.50. The fourth-order valence-corrected chi connectivity index (χ4v) is 3.05. The van der Waals surface area contributed by atoms with E-state index in [0.29, 0.717) is 19.5 Å². The molecule has 2 amide bonds. The number of aryl methyl sites for hydroxylation is 1. The maximum Gasteiger partial charge on any atom is 0.245 e. The maximum atomic E-state index is 12.1. The Morgan fingerprint density at radius 1 is 1.16 bits per heavy atom. The van der Waals surface area contributed by atoms with Gasteiger partial charge in [-0.1, -0.05) is 48.5 Å². The minimum absolute atomic E-state index is 0.0148. The van der Waals surface area contributed by atoms with Gasteiger partial charge < -0.3 is 10.2 Å². The summed E-state index contributed by atoms with van der Waals surface area (Å²) in [5.74, 6) is 0.151. The van der Waals surface area contributed by atoms with Crippen molar-refractivity contribution in [2.45, 2.75) is 13.3 Å². The topological polar surface area (TPSA) is 49.4 Å². The van der Waals surface area contributed by atoms with E-state index in [1.165, 1.54) is 17.2 Å². The summed E-state index contributed by atoms with van der Waals surface area (Å²) in [7, 11) is 0. The number of anilines is 1. The number of amides is 2. The van der Waals surface area contributed by atoms with Gasteiger partial charge in [-0.15, -0.1) is 0 Å². The molecule has 1 saturated heterocycles. The van der Waals surface area contributed by atoms with Crippen molar-refractivity contribution >= 4 is 17.5 Å². The third kappa shape index (κ3) is 4.15. The van der Waals surface area contributed by atoms with E-state index in [1.54, 1.807) is 4.90 Å². The summed E-state index contributed by atoms with van der Waals surface area (Å²) in [4.78, 5) is 25.2. The van der Waals surface area contributed by atoms with E-state index in [0.717, 1.165) is 11.3 Å². The molecular weight excluding hydrogens is 312 g/mol. The number of carbonyl (C=O) groups is 2. The summed E-state index contributed by atoms with van der Waals surface area (Å²) in [5.41, 5.74) is 4.30. The quantitative estimate of drug-likeness (QED) is 0.849. The lowest BCUT2D eigenvalue weighted by Gasteiger charge is -2.38. The molecule has 1 aliphatic rings. The Kier molecular flexibility index (Phi) is 4.98. The third-order valence-corrected chi connectivity index (χ3v) is 4.44. The van der Waals surface area contributed by atoms with Gasteiger partial charge in [0.2, 0.25) is 11.8 Å². The Morgan fingerprint density at radius 3 is 2.52 bits per heavy atom. The molecule has 0 radical (unpaired) electrons. The van der Waals surface area contributed by atoms with Crippen LogP contribution >= 0.6 is 0 Å². The molecule has 2 aromatic carbocycles. The molecule has 1 aliphatic heterocycles. The van der Waals surface area contributed by atoms with Gasteiger partial charge in [-0.3, -0.25) is 9.59 Å². The summed E-state index contributed by atoms with van der Waals surface area (Å²) in [6.07, 6.45) is 1.74. The van der Waals surface area contributed by atoms with E-state index in [9.17, 15) is 9.59 Å². The first-order valence-corrected chi connectivity index (χ1v) is 8.43. The first-order chi connectivity index (χ1) is 12.0. The molecule has 0 aromatic heterocycles. The standard InChI is InChI=1S/C21H22N2O2/c1-3-21(25)23-13-16(14-23)12-20(24)22-19-9-7-17(8-10-19)18-6-4-5-15(2)11-18/h3-11,16H,1,12-14H2,2H3,(H,22,24). The van der Waals surface area contributed by atoms with Gasteiger partial charge in [0.1, 0.15) is 0 Å². The third-order valence-electron chi connectivity index (χ3n) is 4.44. The molecule has 3 rings (SSSR count). The molecule has 1 N–H and O–H groups in total. The Morgan fingerprint density at radius 2 is 1.88 bits per heavy atom. The van der Waals surface area contributed by atoms with Crippen LogP contribution in [0.5, 0.6) is 0 Å². The smallest absolute Gasteiger partial charge is 0.245 e. The molecule has 0 atom stereocenters. The SMILES string of the molecule is C=CC(=O)N1CC(CC(=O)Nc2ccc(-c3cccc(C)c3)cc2)C1. The number of likely N-dealkylation sites (tertiary alicyclic amines) is 1. The van der Waals surface area contributed by atoms with E-state index < -0.39 is 0 Å². The van der Waals surface area contributed by atoms with Gasteiger partial charge in [0, 0.05) is 31.1 Å². The van der Waals surface area contributed by atoms with Crippen LogP contribution in [0.15, 0.2) is 61.2 Å². The molecule has 25 heavy (non-hydrogen) atoms. The molecule has 0 saturated carbocycles. The second kappa shape index (κ2) is 7.34. The average molecular weight is 334 g/mol. The molecule has 0 aliphatic carbocycles. The Bertz CT molecular complexity index is 790. The molecule has 2 aromatic rings. The molecule has 4 heteroatoms. The summed E-state index contributed by atoms with van der Waals surface area (Å²) in [6.45, 7) is 6.80. The Balaban J connectivity index is 1.53. The second-order valence-electron chi connectivity index (χ2n) is 6.51. The molecular formula is C21H22N2O2. The predicted molar refractivity (Wildman–Crippen MR) is 100 cm³/mol. The predicted octanol–water partition coefficient (Wildman–Crippen LogP) is 3.64. The van der Waals surface area contributed by atoms with Crippen molar-refractivity contribution in [2.75, 3.05) is 18.4 Å². The van der Waals surface area contributed by atoms with Crippen LogP contribution in [0, 0.1) is 12.8 Å². The lowest BCUT2D eigenvalue weighted by molar-refractivity contribution is -0.134. The highest BCUT2D eigenvalue weighted by Gasteiger charge is 2.30. The van der Waals surface area contributed by atoms with Gasteiger partial charge in [-0.2, -0.15) is 0 Å². The largest absolute Gasteiger partial charge is 0.338 e. The number of benzene rings is 2. The first-order valence-electron chi connectivity index (χ1n) is 8.43. The minimum Gasteiger partial charge on any atom is -0.338 e. The van der Waals surface area contributed by atoms with E-state index in [1.807, 2.05) is 30.3 Å². The van der Waals surface area contributed by atoms with Crippen molar-refractivity contribution in [1.29, 1.82) is 0 Å². The molecule has 1 heterocycles. The van der Waals surface area contributed by atoms with Crippen LogP contribution in [0.2, 0.25) is 0 Å². The summed E-state index contributed by atoms with van der Waals surface area (Å²) < 4.78 is 0. The van der Waals surface area contributed by atoms with Gasteiger partial charge in [0.05, 0.1) is 0 Å². The normalized spacial score (nSPS) is 13.9. The highest BCUT2D eigenvalue weighted by atomic mass is 16.2. The fraction of sp³-hybridized carbons (Fsp3) is 0.238. The number of nitrogens with one attached hydrogen (secondary N) is 1. The highest BCUT2D eigenvalue weighted by Crippen LogP contribution is 2.23. The number of hydrogen-bond acceptors (Lipinski definition) is 2. The number of carbonyl (C=O) groups excluding carboxylic acids is 2. The zero-order valence-corrected chi connectivity index (χ0v) is 14.4. The van der Waals surface area contributed by atoms with Gasteiger partial charge in [0.15, 0.2) is 0 Å². The van der Waals surface area contributed by atoms with E-state index >= 15 is 0 Å². The molecule has 1 fully saturated rings. The Labute approximate surface area is 148 Å². The zero-order valence-electron chi connectivity index (χ0n) is 14.4. The molecule has 0 bridgehead atoms. The summed E-state index contributed by atoms with van der Waals surface area (Å²) in [5, 5.41) is 2.93. The van der Waals surface area contributed by atoms with Crippen LogP contribution < -0.4 is 5.32 Å². The zero-order chi connectivity index (χ0) is 17.8. The molecule has 4 nitrogen and oxygen atoms in total. The van der Waals surface area contributed by atoms with Crippen molar-refractivity contribution in [3.8, 4) is 11.1 Å².